The third-order valence-corrected chi connectivity index (χ3v) is 5.19. The molecule has 0 aromatic heterocycles. The Morgan fingerprint density at radius 3 is 2.75 bits per heavy atom. The molecule has 1 aliphatic heterocycles. The maximum absolute atomic E-state index is 13.6. The first-order valence-corrected chi connectivity index (χ1v) is 8.11. The number of carbonyl (C=O) groups excluding carboxylic acids is 1. The number of rotatable bonds is 2. The number of hydrogen-bond acceptors (Lipinski definition) is 3. The van der Waals surface area contributed by atoms with Crippen LogP contribution in [-0.2, 0) is 9.84 Å². The van der Waals surface area contributed by atoms with Gasteiger partial charge in [-0.25, -0.2) is 17.6 Å². The summed E-state index contributed by atoms with van der Waals surface area (Å²) in [5.41, 5.74) is 0.926. The molecular formula is C13H17FN2O3S. The minimum Gasteiger partial charge on any atom is -0.324 e. The molecule has 2 rings (SSSR count). The fourth-order valence-corrected chi connectivity index (χ4v) is 3.96. The van der Waals surface area contributed by atoms with E-state index in [9.17, 15) is 17.6 Å². The molecule has 20 heavy (non-hydrogen) atoms. The van der Waals surface area contributed by atoms with E-state index in [1.165, 1.54) is 24.1 Å². The highest BCUT2D eigenvalue weighted by Crippen LogP contribution is 2.19. The molecule has 1 N–H and O–H groups in total. The van der Waals surface area contributed by atoms with Gasteiger partial charge in [0.05, 0.1) is 17.2 Å². The van der Waals surface area contributed by atoms with Crippen LogP contribution in [0.2, 0.25) is 0 Å². The molecule has 7 heteroatoms. The lowest BCUT2D eigenvalue weighted by atomic mass is 10.2. The molecule has 0 spiro atoms. The Kier molecular flexibility index (Phi) is 3.99. The van der Waals surface area contributed by atoms with Crippen molar-refractivity contribution in [2.75, 3.05) is 23.9 Å². The second-order valence-corrected chi connectivity index (χ2v) is 7.31. The third kappa shape index (κ3) is 3.27. The Hall–Kier alpha value is -1.63. The van der Waals surface area contributed by atoms with E-state index >= 15 is 0 Å². The third-order valence-electron chi connectivity index (χ3n) is 3.44. The number of halogens is 1. The second-order valence-electron chi connectivity index (χ2n) is 5.08. The van der Waals surface area contributed by atoms with Crippen LogP contribution in [0, 0.1) is 12.7 Å². The molecule has 0 bridgehead atoms. The molecule has 5 nitrogen and oxygen atoms in total. The average Bonchev–Trinajstić information content (AvgIpc) is 2.73. The number of urea groups is 1. The zero-order valence-corrected chi connectivity index (χ0v) is 12.2. The van der Waals surface area contributed by atoms with E-state index in [0.717, 1.165) is 5.56 Å². The summed E-state index contributed by atoms with van der Waals surface area (Å²) in [5, 5.41) is 2.47. The van der Waals surface area contributed by atoms with Crippen LogP contribution in [0.4, 0.5) is 14.9 Å². The number of aryl methyl sites for hydroxylation is 1. The Bertz CT molecular complexity index is 631. The fourth-order valence-electron chi connectivity index (χ4n) is 2.18. The van der Waals surface area contributed by atoms with Gasteiger partial charge < -0.3 is 10.2 Å². The molecule has 0 aliphatic carbocycles. The maximum atomic E-state index is 13.6. The smallest absolute Gasteiger partial charge is 0.321 e. The van der Waals surface area contributed by atoms with E-state index in [-0.39, 0.29) is 23.2 Å². The first-order chi connectivity index (χ1) is 9.28. The Morgan fingerprint density at radius 1 is 1.45 bits per heavy atom. The van der Waals surface area contributed by atoms with Crippen LogP contribution in [0.3, 0.4) is 0 Å². The molecule has 1 unspecified atom stereocenters. The summed E-state index contributed by atoms with van der Waals surface area (Å²) < 4.78 is 36.4. The number of nitrogens with one attached hydrogen (secondary N) is 1. The highest BCUT2D eigenvalue weighted by Gasteiger charge is 2.32. The average molecular weight is 300 g/mol. The monoisotopic (exact) mass is 300 g/mol. The molecule has 0 saturated carbocycles. The molecular weight excluding hydrogens is 283 g/mol. The van der Waals surface area contributed by atoms with E-state index in [1.54, 1.807) is 13.0 Å². The van der Waals surface area contributed by atoms with Crippen LogP contribution < -0.4 is 5.32 Å². The number of hydrogen-bond donors (Lipinski definition) is 1. The van der Waals surface area contributed by atoms with Crippen molar-refractivity contribution in [1.82, 2.24) is 4.90 Å². The fraction of sp³-hybridized carbons (Fsp3) is 0.462. The van der Waals surface area contributed by atoms with Crippen LogP contribution in [0.5, 0.6) is 0 Å². The van der Waals surface area contributed by atoms with Crippen molar-refractivity contribution in [1.29, 1.82) is 0 Å². The SMILES string of the molecule is Cc1ccc(F)c(NC(=O)N(C)C2CCS(=O)(=O)C2)c1. The maximum Gasteiger partial charge on any atom is 0.321 e. The van der Waals surface area contributed by atoms with Crippen LogP contribution >= 0.6 is 0 Å². The standard InChI is InChI=1S/C13H17FN2O3S/c1-9-3-4-11(14)12(7-9)15-13(17)16(2)10-5-6-20(18,19)8-10/h3-4,7,10H,5-6,8H2,1-2H3,(H,15,17). The lowest BCUT2D eigenvalue weighted by Crippen LogP contribution is -2.40. The number of nitrogens with zero attached hydrogens (tertiary/aromatic N) is 1. The summed E-state index contributed by atoms with van der Waals surface area (Å²) in [6.07, 6.45) is 0.419. The zero-order chi connectivity index (χ0) is 14.9. The lowest BCUT2D eigenvalue weighted by molar-refractivity contribution is 0.209. The first-order valence-electron chi connectivity index (χ1n) is 6.29. The quantitative estimate of drug-likeness (QED) is 0.905. The van der Waals surface area contributed by atoms with Gasteiger partial charge in [-0.3, -0.25) is 0 Å². The van der Waals surface area contributed by atoms with E-state index in [0.29, 0.717) is 6.42 Å². The Labute approximate surface area is 117 Å². The minimum absolute atomic E-state index is 0.0345. The number of anilines is 1. The van der Waals surface area contributed by atoms with Gasteiger partial charge in [0.2, 0.25) is 0 Å². The van der Waals surface area contributed by atoms with E-state index in [2.05, 4.69) is 5.32 Å². The Balaban J connectivity index is 2.06. The van der Waals surface area contributed by atoms with Gasteiger partial charge in [0.1, 0.15) is 5.82 Å². The van der Waals surface area contributed by atoms with Crippen molar-refractivity contribution in [3.63, 3.8) is 0 Å². The Morgan fingerprint density at radius 2 is 2.15 bits per heavy atom. The minimum atomic E-state index is -3.06. The predicted octanol–water partition coefficient (Wildman–Crippen LogP) is 1.78. The number of carbonyl (C=O) groups is 1. The van der Waals surface area contributed by atoms with Crippen molar-refractivity contribution in [2.24, 2.45) is 0 Å². The van der Waals surface area contributed by atoms with Crippen molar-refractivity contribution < 1.29 is 17.6 Å². The zero-order valence-electron chi connectivity index (χ0n) is 11.4. The summed E-state index contributed by atoms with van der Waals surface area (Å²) in [6.45, 7) is 1.79. The molecule has 2 amide bonds. The van der Waals surface area contributed by atoms with Crippen molar-refractivity contribution >= 4 is 21.6 Å². The van der Waals surface area contributed by atoms with Crippen molar-refractivity contribution in [3.05, 3.63) is 29.6 Å². The molecule has 1 fully saturated rings. The summed E-state index contributed by atoms with van der Waals surface area (Å²) >= 11 is 0. The molecule has 0 radical (unpaired) electrons. The van der Waals surface area contributed by atoms with Gasteiger partial charge in [-0.1, -0.05) is 6.07 Å². The van der Waals surface area contributed by atoms with Crippen LogP contribution in [0.15, 0.2) is 18.2 Å². The second kappa shape index (κ2) is 5.40. The number of benzene rings is 1. The molecule has 110 valence electrons. The highest BCUT2D eigenvalue weighted by atomic mass is 32.2. The predicted molar refractivity (Wildman–Crippen MR) is 75.0 cm³/mol. The summed E-state index contributed by atoms with van der Waals surface area (Å²) in [6, 6.07) is 3.57. The van der Waals surface area contributed by atoms with Crippen LogP contribution in [0.25, 0.3) is 0 Å². The van der Waals surface area contributed by atoms with Crippen molar-refractivity contribution in [3.8, 4) is 0 Å². The molecule has 1 saturated heterocycles. The summed E-state index contributed by atoms with van der Waals surface area (Å²) in [4.78, 5) is 13.4. The van der Waals surface area contributed by atoms with E-state index < -0.39 is 21.7 Å². The molecule has 1 atom stereocenters. The van der Waals surface area contributed by atoms with Crippen molar-refractivity contribution in [2.45, 2.75) is 19.4 Å². The van der Waals surface area contributed by atoms with Gasteiger partial charge in [-0.2, -0.15) is 0 Å². The molecule has 1 heterocycles. The number of sulfone groups is 1. The van der Waals surface area contributed by atoms with E-state index in [4.69, 9.17) is 0 Å². The van der Waals surface area contributed by atoms with Gasteiger partial charge in [-0.05, 0) is 31.0 Å². The molecule has 1 aromatic carbocycles. The van der Waals surface area contributed by atoms with Gasteiger partial charge in [0, 0.05) is 13.1 Å². The van der Waals surface area contributed by atoms with Gasteiger partial charge in [-0.15, -0.1) is 0 Å². The first kappa shape index (κ1) is 14.8. The topological polar surface area (TPSA) is 66.5 Å². The van der Waals surface area contributed by atoms with Gasteiger partial charge >= 0.3 is 6.03 Å². The van der Waals surface area contributed by atoms with Gasteiger partial charge in [0.15, 0.2) is 9.84 Å². The highest BCUT2D eigenvalue weighted by molar-refractivity contribution is 7.91. The van der Waals surface area contributed by atoms with Crippen LogP contribution in [0.1, 0.15) is 12.0 Å². The number of amides is 2. The largest absolute Gasteiger partial charge is 0.324 e. The summed E-state index contributed by atoms with van der Waals surface area (Å²) in [5.74, 6) is -0.460. The summed E-state index contributed by atoms with van der Waals surface area (Å²) in [7, 11) is -1.54. The van der Waals surface area contributed by atoms with E-state index in [1.807, 2.05) is 0 Å². The van der Waals surface area contributed by atoms with Crippen LogP contribution in [-0.4, -0.2) is 43.9 Å². The molecule has 1 aromatic rings. The lowest BCUT2D eigenvalue weighted by Gasteiger charge is -2.23. The van der Waals surface area contributed by atoms with Gasteiger partial charge in [0.25, 0.3) is 0 Å². The normalized spacial score (nSPS) is 20.6. The molecule has 1 aliphatic rings.